The van der Waals surface area contributed by atoms with Gasteiger partial charge in [0.05, 0.1) is 5.92 Å². The van der Waals surface area contributed by atoms with E-state index >= 15 is 0 Å². The molecular weight excluding hydrogens is 262 g/mol. The summed E-state index contributed by atoms with van der Waals surface area (Å²) in [4.78, 5) is 22.9. The van der Waals surface area contributed by atoms with Crippen LogP contribution in [0.25, 0.3) is 0 Å². The minimum atomic E-state index is -0.776. The van der Waals surface area contributed by atoms with Gasteiger partial charge in [0.1, 0.15) is 0 Å². The topological polar surface area (TPSA) is 66.4 Å². The van der Waals surface area contributed by atoms with Crippen LogP contribution < -0.4 is 5.32 Å². The number of carbonyl (C=O) groups excluding carboxylic acids is 1. The van der Waals surface area contributed by atoms with Crippen LogP contribution in [0.2, 0.25) is 0 Å². The van der Waals surface area contributed by atoms with E-state index in [9.17, 15) is 9.59 Å². The lowest BCUT2D eigenvalue weighted by Gasteiger charge is -2.16. The number of amides is 1. The maximum absolute atomic E-state index is 12.1. The highest BCUT2D eigenvalue weighted by atomic mass is 32.1. The minimum Gasteiger partial charge on any atom is -0.481 e. The van der Waals surface area contributed by atoms with Gasteiger partial charge in [0.15, 0.2) is 0 Å². The predicted molar refractivity (Wildman–Crippen MR) is 74.1 cm³/mol. The van der Waals surface area contributed by atoms with Crippen LogP contribution in [0.1, 0.15) is 31.7 Å². The van der Waals surface area contributed by atoms with E-state index < -0.39 is 5.97 Å². The Morgan fingerprint density at radius 2 is 2.21 bits per heavy atom. The molecule has 0 radical (unpaired) electrons. The maximum Gasteiger partial charge on any atom is 0.306 e. The fourth-order valence-electron chi connectivity index (χ4n) is 2.62. The van der Waals surface area contributed by atoms with Gasteiger partial charge in [-0.05, 0) is 55.0 Å². The van der Waals surface area contributed by atoms with Crippen LogP contribution in [-0.2, 0) is 16.0 Å². The fourth-order valence-corrected chi connectivity index (χ4v) is 3.30. The van der Waals surface area contributed by atoms with E-state index in [1.54, 1.807) is 11.3 Å². The highest BCUT2D eigenvalue weighted by Crippen LogP contribution is 2.31. The fraction of sp³-hybridized carbons (Fsp3) is 0.571. The number of rotatable bonds is 5. The van der Waals surface area contributed by atoms with Crippen molar-refractivity contribution in [2.45, 2.75) is 38.6 Å². The van der Waals surface area contributed by atoms with Crippen LogP contribution >= 0.6 is 11.3 Å². The summed E-state index contributed by atoms with van der Waals surface area (Å²) in [6, 6.07) is 2.15. The van der Waals surface area contributed by atoms with Crippen molar-refractivity contribution in [1.82, 2.24) is 5.32 Å². The Balaban J connectivity index is 1.79. The number of carboxylic acids is 1. The molecule has 2 N–H and O–H groups in total. The molecule has 104 valence electrons. The molecule has 1 unspecified atom stereocenters. The van der Waals surface area contributed by atoms with E-state index in [4.69, 9.17) is 5.11 Å². The summed E-state index contributed by atoms with van der Waals surface area (Å²) in [5.74, 6) is -1.25. The standard InChI is InChI=1S/C14H19NO3S/c1-9(6-10-4-5-19-8-10)15-13(16)11-2-3-12(7-11)14(17)18/h4-5,8-9,11-12H,2-3,6-7H2,1H3,(H,15,16)(H,17,18)/t9?,11-,12+/m1/s1. The molecule has 0 spiro atoms. The van der Waals surface area contributed by atoms with Crippen molar-refractivity contribution in [3.8, 4) is 0 Å². The molecule has 1 heterocycles. The Morgan fingerprint density at radius 1 is 1.47 bits per heavy atom. The zero-order valence-corrected chi connectivity index (χ0v) is 11.8. The Hall–Kier alpha value is -1.36. The largest absolute Gasteiger partial charge is 0.481 e. The van der Waals surface area contributed by atoms with Crippen molar-refractivity contribution < 1.29 is 14.7 Å². The molecule has 2 rings (SSSR count). The number of aliphatic carboxylic acids is 1. The first kappa shape index (κ1) is 14.1. The Morgan fingerprint density at radius 3 is 2.79 bits per heavy atom. The van der Waals surface area contributed by atoms with Gasteiger partial charge >= 0.3 is 5.97 Å². The Labute approximate surface area is 116 Å². The quantitative estimate of drug-likeness (QED) is 0.870. The molecule has 1 aliphatic rings. The van der Waals surface area contributed by atoms with Crippen molar-refractivity contribution in [3.05, 3.63) is 22.4 Å². The molecule has 0 aliphatic heterocycles. The van der Waals surface area contributed by atoms with Crippen LogP contribution in [0.15, 0.2) is 16.8 Å². The summed E-state index contributed by atoms with van der Waals surface area (Å²) in [5, 5.41) is 16.0. The molecule has 0 bridgehead atoms. The summed E-state index contributed by atoms with van der Waals surface area (Å²) in [7, 11) is 0. The monoisotopic (exact) mass is 281 g/mol. The van der Waals surface area contributed by atoms with Crippen LogP contribution in [-0.4, -0.2) is 23.0 Å². The first-order valence-corrected chi connectivity index (χ1v) is 7.54. The van der Waals surface area contributed by atoms with Gasteiger partial charge in [-0.15, -0.1) is 0 Å². The Bertz CT molecular complexity index is 444. The molecule has 1 saturated carbocycles. The third-order valence-electron chi connectivity index (χ3n) is 3.66. The van der Waals surface area contributed by atoms with Crippen molar-refractivity contribution in [3.63, 3.8) is 0 Å². The molecule has 3 atom stereocenters. The lowest BCUT2D eigenvalue weighted by molar-refractivity contribution is -0.141. The molecular formula is C14H19NO3S. The predicted octanol–water partition coefficient (Wildman–Crippen LogP) is 2.30. The smallest absolute Gasteiger partial charge is 0.306 e. The SMILES string of the molecule is CC(Cc1ccsc1)NC(=O)[C@@H]1CC[C@H](C(=O)O)C1. The number of carboxylic acid groups (broad SMARTS) is 1. The molecule has 0 saturated heterocycles. The lowest BCUT2D eigenvalue weighted by Crippen LogP contribution is -2.37. The first-order chi connectivity index (χ1) is 9.06. The molecule has 4 nitrogen and oxygen atoms in total. The number of thiophene rings is 1. The summed E-state index contributed by atoms with van der Waals surface area (Å²) in [5.41, 5.74) is 1.23. The molecule has 5 heteroatoms. The van der Waals surface area contributed by atoms with E-state index in [0.717, 1.165) is 6.42 Å². The second-order valence-corrected chi connectivity index (χ2v) is 6.07. The average Bonchev–Trinajstić information content (AvgIpc) is 2.98. The van der Waals surface area contributed by atoms with Gasteiger partial charge < -0.3 is 10.4 Å². The summed E-state index contributed by atoms with van der Waals surface area (Å²) >= 11 is 1.65. The molecule has 1 aromatic rings. The third-order valence-corrected chi connectivity index (χ3v) is 4.40. The Kier molecular flexibility index (Phi) is 4.58. The second kappa shape index (κ2) is 6.19. The van der Waals surface area contributed by atoms with Gasteiger partial charge in [-0.25, -0.2) is 0 Å². The average molecular weight is 281 g/mol. The van der Waals surface area contributed by atoms with Gasteiger partial charge in [-0.3, -0.25) is 9.59 Å². The summed E-state index contributed by atoms with van der Waals surface area (Å²) in [6.45, 7) is 1.99. The number of hydrogen-bond donors (Lipinski definition) is 2. The van der Waals surface area contributed by atoms with Crippen molar-refractivity contribution in [1.29, 1.82) is 0 Å². The molecule has 0 aromatic carbocycles. The number of nitrogens with one attached hydrogen (secondary N) is 1. The lowest BCUT2D eigenvalue weighted by atomic mass is 10.0. The normalized spacial score (nSPS) is 24.1. The molecule has 1 amide bonds. The van der Waals surface area contributed by atoms with E-state index in [1.807, 2.05) is 12.3 Å². The molecule has 19 heavy (non-hydrogen) atoms. The van der Waals surface area contributed by atoms with Gasteiger partial charge in [0.25, 0.3) is 0 Å². The van der Waals surface area contributed by atoms with Crippen molar-refractivity contribution in [2.24, 2.45) is 11.8 Å². The highest BCUT2D eigenvalue weighted by molar-refractivity contribution is 7.07. The van der Waals surface area contributed by atoms with E-state index in [0.29, 0.717) is 19.3 Å². The van der Waals surface area contributed by atoms with Crippen LogP contribution in [0.4, 0.5) is 0 Å². The molecule has 1 fully saturated rings. The van der Waals surface area contributed by atoms with Crippen LogP contribution in [0.5, 0.6) is 0 Å². The molecule has 1 aliphatic carbocycles. The van der Waals surface area contributed by atoms with Crippen LogP contribution in [0.3, 0.4) is 0 Å². The van der Waals surface area contributed by atoms with Gasteiger partial charge in [-0.2, -0.15) is 11.3 Å². The van der Waals surface area contributed by atoms with Crippen molar-refractivity contribution in [2.75, 3.05) is 0 Å². The van der Waals surface area contributed by atoms with Crippen LogP contribution in [0, 0.1) is 11.8 Å². The maximum atomic E-state index is 12.1. The van der Waals surface area contributed by atoms with Gasteiger partial charge in [-0.1, -0.05) is 0 Å². The summed E-state index contributed by atoms with van der Waals surface area (Å²) < 4.78 is 0. The van der Waals surface area contributed by atoms with E-state index in [-0.39, 0.29) is 23.8 Å². The zero-order chi connectivity index (χ0) is 13.8. The molecule has 1 aromatic heterocycles. The highest BCUT2D eigenvalue weighted by Gasteiger charge is 2.34. The summed E-state index contributed by atoms with van der Waals surface area (Å²) in [6.07, 6.45) is 2.61. The van der Waals surface area contributed by atoms with E-state index in [2.05, 4.69) is 16.8 Å². The number of carbonyl (C=O) groups is 2. The van der Waals surface area contributed by atoms with E-state index in [1.165, 1.54) is 5.56 Å². The first-order valence-electron chi connectivity index (χ1n) is 6.60. The minimum absolute atomic E-state index is 0.00600. The van der Waals surface area contributed by atoms with Gasteiger partial charge in [0, 0.05) is 12.0 Å². The van der Waals surface area contributed by atoms with Gasteiger partial charge in [0.2, 0.25) is 5.91 Å². The second-order valence-electron chi connectivity index (χ2n) is 5.29. The van der Waals surface area contributed by atoms with Crippen molar-refractivity contribution >= 4 is 23.2 Å². The third kappa shape index (κ3) is 3.80. The number of hydrogen-bond acceptors (Lipinski definition) is 3. The zero-order valence-electron chi connectivity index (χ0n) is 11.0.